The second-order valence-corrected chi connectivity index (χ2v) is 6.52. The Kier molecular flexibility index (Phi) is 7.68. The number of rotatable bonds is 4. The van der Waals surface area contributed by atoms with Gasteiger partial charge in [0.25, 0.3) is 17.3 Å². The monoisotopic (exact) mass is 448 g/mol. The molecule has 3 rings (SSSR count). The van der Waals surface area contributed by atoms with Gasteiger partial charge < -0.3 is 11.1 Å². The number of carbonyl (C=O) groups is 1. The van der Waals surface area contributed by atoms with Gasteiger partial charge in [-0.3, -0.25) is 25.0 Å². The van der Waals surface area contributed by atoms with E-state index in [1.54, 1.807) is 30.3 Å². The second-order valence-electron chi connectivity index (χ2n) is 5.70. The lowest BCUT2D eigenvalue weighted by atomic mass is 10.2. The third kappa shape index (κ3) is 6.16. The summed E-state index contributed by atoms with van der Waals surface area (Å²) in [4.78, 5) is 31.7. The van der Waals surface area contributed by atoms with Crippen molar-refractivity contribution < 1.29 is 14.6 Å². The van der Waals surface area contributed by atoms with Gasteiger partial charge in [0.15, 0.2) is 0 Å². The van der Waals surface area contributed by atoms with Gasteiger partial charge in [-0.05, 0) is 24.3 Å². The maximum Gasteiger partial charge on any atom is 0.271 e. The molecule has 0 aliphatic heterocycles. The zero-order chi connectivity index (χ0) is 22.3. The van der Waals surface area contributed by atoms with Gasteiger partial charge in [-0.15, -0.1) is 0 Å². The Hall–Kier alpha value is -3.69. The van der Waals surface area contributed by atoms with Crippen molar-refractivity contribution in [3.63, 3.8) is 0 Å². The summed E-state index contributed by atoms with van der Waals surface area (Å²) >= 11 is 11.4. The van der Waals surface area contributed by atoms with E-state index < -0.39 is 9.85 Å². The summed E-state index contributed by atoms with van der Waals surface area (Å²) in [5.41, 5.74) is 6.03. The molecule has 9 nitrogen and oxygen atoms in total. The summed E-state index contributed by atoms with van der Waals surface area (Å²) < 4.78 is 0. The van der Waals surface area contributed by atoms with Gasteiger partial charge in [0, 0.05) is 29.8 Å². The fourth-order valence-electron chi connectivity index (χ4n) is 2.15. The molecular weight excluding hydrogens is 435 g/mol. The minimum Gasteiger partial charge on any atom is -0.397 e. The smallest absolute Gasteiger partial charge is 0.271 e. The molecule has 0 bridgehead atoms. The third-order valence-corrected chi connectivity index (χ3v) is 4.31. The van der Waals surface area contributed by atoms with Gasteiger partial charge >= 0.3 is 0 Å². The number of halogens is 2. The number of nitro benzene ring substituents is 2. The minimum atomic E-state index is -0.547. The molecule has 0 aromatic heterocycles. The summed E-state index contributed by atoms with van der Waals surface area (Å²) in [7, 11) is 0. The Morgan fingerprint density at radius 2 is 1.37 bits per heavy atom. The topological polar surface area (TPSA) is 141 Å². The number of carbonyl (C=O) groups excluding carboxylic acids is 1. The van der Waals surface area contributed by atoms with Crippen molar-refractivity contribution in [2.75, 3.05) is 11.1 Å². The number of hydrogen-bond acceptors (Lipinski definition) is 6. The van der Waals surface area contributed by atoms with Crippen LogP contribution < -0.4 is 11.1 Å². The molecule has 3 N–H and O–H groups in total. The second kappa shape index (κ2) is 10.2. The number of nitrogens with two attached hydrogens (primary N) is 1. The molecule has 0 atom stereocenters. The molecule has 0 fully saturated rings. The van der Waals surface area contributed by atoms with Crippen molar-refractivity contribution in [1.82, 2.24) is 0 Å². The first-order chi connectivity index (χ1) is 14.2. The third-order valence-electron chi connectivity index (χ3n) is 3.64. The largest absolute Gasteiger partial charge is 0.397 e. The predicted molar refractivity (Wildman–Crippen MR) is 115 cm³/mol. The summed E-state index contributed by atoms with van der Waals surface area (Å²) in [6, 6.07) is 16.3. The van der Waals surface area contributed by atoms with E-state index in [-0.39, 0.29) is 33.7 Å². The number of nitrogens with zero attached hydrogens (tertiary/aromatic N) is 2. The molecule has 0 aliphatic carbocycles. The van der Waals surface area contributed by atoms with Crippen molar-refractivity contribution in [2.45, 2.75) is 0 Å². The number of anilines is 2. The van der Waals surface area contributed by atoms with E-state index in [0.717, 1.165) is 0 Å². The van der Waals surface area contributed by atoms with Crippen molar-refractivity contribution >= 4 is 51.9 Å². The molecule has 0 saturated heterocycles. The number of benzene rings is 3. The minimum absolute atomic E-state index is 0.0492. The van der Waals surface area contributed by atoms with Crippen LogP contribution in [0.2, 0.25) is 10.0 Å². The Labute approximate surface area is 180 Å². The van der Waals surface area contributed by atoms with Gasteiger partial charge in [-0.2, -0.15) is 0 Å². The number of nitrogen functional groups attached to an aromatic ring is 1. The molecule has 0 saturated carbocycles. The molecular formula is C19H14Cl2N4O5. The van der Waals surface area contributed by atoms with Crippen LogP contribution in [-0.2, 0) is 0 Å². The predicted octanol–water partition coefficient (Wildman–Crippen LogP) is 5.33. The van der Waals surface area contributed by atoms with Crippen LogP contribution in [0.5, 0.6) is 0 Å². The van der Waals surface area contributed by atoms with E-state index >= 15 is 0 Å². The molecule has 11 heteroatoms. The first kappa shape index (κ1) is 22.6. The molecule has 0 spiro atoms. The van der Waals surface area contributed by atoms with Crippen LogP contribution in [0.3, 0.4) is 0 Å². The SMILES string of the molecule is Nc1cc([N+](=O)[O-])ccc1Cl.O=C(Nc1cc([N+](=O)[O-])ccc1Cl)c1ccccc1. The van der Waals surface area contributed by atoms with E-state index in [9.17, 15) is 25.0 Å². The Balaban J connectivity index is 0.000000248. The maximum absolute atomic E-state index is 11.9. The van der Waals surface area contributed by atoms with Crippen molar-refractivity contribution in [3.8, 4) is 0 Å². The van der Waals surface area contributed by atoms with E-state index in [1.165, 1.54) is 36.4 Å². The average molecular weight is 449 g/mol. The Bertz CT molecular complexity index is 1090. The Morgan fingerprint density at radius 3 is 1.90 bits per heavy atom. The highest BCUT2D eigenvalue weighted by atomic mass is 35.5. The molecule has 0 unspecified atom stereocenters. The Morgan fingerprint density at radius 1 is 0.833 bits per heavy atom. The van der Waals surface area contributed by atoms with Gasteiger partial charge in [0.1, 0.15) is 0 Å². The molecule has 0 heterocycles. The zero-order valence-corrected chi connectivity index (χ0v) is 16.6. The number of hydrogen-bond donors (Lipinski definition) is 2. The van der Waals surface area contributed by atoms with Crippen LogP contribution >= 0.6 is 23.2 Å². The highest BCUT2D eigenvalue weighted by Gasteiger charge is 2.13. The van der Waals surface area contributed by atoms with Crippen LogP contribution in [0.1, 0.15) is 10.4 Å². The first-order valence-electron chi connectivity index (χ1n) is 8.19. The maximum atomic E-state index is 11.9. The van der Waals surface area contributed by atoms with Crippen LogP contribution in [0, 0.1) is 20.2 Å². The zero-order valence-electron chi connectivity index (χ0n) is 15.1. The highest BCUT2D eigenvalue weighted by molar-refractivity contribution is 6.34. The average Bonchev–Trinajstić information content (AvgIpc) is 2.72. The van der Waals surface area contributed by atoms with Gasteiger partial charge in [-0.1, -0.05) is 41.4 Å². The molecule has 3 aromatic carbocycles. The molecule has 0 aliphatic rings. The summed E-state index contributed by atoms with van der Waals surface area (Å²) in [6.45, 7) is 0. The standard InChI is InChI=1S/C13H9ClN2O3.C6H5ClN2O2/c14-11-7-6-10(16(18)19)8-12(11)15-13(17)9-4-2-1-3-5-9;7-5-2-1-4(9(10)11)3-6(5)8/h1-8H,(H,15,17);1-3H,8H2. The lowest BCUT2D eigenvalue weighted by molar-refractivity contribution is -0.385. The number of non-ortho nitro benzene ring substituents is 2. The van der Waals surface area contributed by atoms with Gasteiger partial charge in [0.2, 0.25) is 0 Å². The molecule has 1 amide bonds. The van der Waals surface area contributed by atoms with E-state index in [2.05, 4.69) is 5.32 Å². The normalized spacial score (nSPS) is 9.80. The number of nitro groups is 2. The van der Waals surface area contributed by atoms with E-state index in [0.29, 0.717) is 10.6 Å². The van der Waals surface area contributed by atoms with Crippen LogP contribution in [0.15, 0.2) is 66.7 Å². The summed E-state index contributed by atoms with van der Waals surface area (Å²) in [5, 5.41) is 24.0. The van der Waals surface area contributed by atoms with Crippen LogP contribution in [0.4, 0.5) is 22.7 Å². The van der Waals surface area contributed by atoms with Gasteiger partial charge in [-0.25, -0.2) is 0 Å². The molecule has 154 valence electrons. The summed E-state index contributed by atoms with van der Waals surface area (Å²) in [5.74, 6) is -0.372. The highest BCUT2D eigenvalue weighted by Crippen LogP contribution is 2.27. The number of nitrogens with one attached hydrogen (secondary N) is 1. The van der Waals surface area contributed by atoms with Crippen molar-refractivity contribution in [2.24, 2.45) is 0 Å². The summed E-state index contributed by atoms with van der Waals surface area (Å²) in [6.07, 6.45) is 0. The fraction of sp³-hybridized carbons (Fsp3) is 0. The molecule has 0 radical (unpaired) electrons. The van der Waals surface area contributed by atoms with Crippen molar-refractivity contribution in [1.29, 1.82) is 0 Å². The fourth-order valence-corrected chi connectivity index (χ4v) is 2.43. The van der Waals surface area contributed by atoms with Crippen LogP contribution in [0.25, 0.3) is 0 Å². The number of amides is 1. The van der Waals surface area contributed by atoms with Crippen molar-refractivity contribution in [3.05, 3.63) is 103 Å². The molecule has 3 aromatic rings. The van der Waals surface area contributed by atoms with E-state index in [1.807, 2.05) is 0 Å². The quantitative estimate of drug-likeness (QED) is 0.313. The van der Waals surface area contributed by atoms with Gasteiger partial charge in [0.05, 0.1) is 31.3 Å². The lowest BCUT2D eigenvalue weighted by Crippen LogP contribution is -2.12. The first-order valence-corrected chi connectivity index (χ1v) is 8.94. The van der Waals surface area contributed by atoms with Crippen LogP contribution in [-0.4, -0.2) is 15.8 Å². The van der Waals surface area contributed by atoms with E-state index in [4.69, 9.17) is 28.9 Å². The lowest BCUT2D eigenvalue weighted by Gasteiger charge is -2.06. The molecule has 30 heavy (non-hydrogen) atoms.